The maximum atomic E-state index is 4.40. The van der Waals surface area contributed by atoms with Crippen LogP contribution in [0.2, 0.25) is 0 Å². The Morgan fingerprint density at radius 2 is 1.61 bits per heavy atom. The van der Waals surface area contributed by atoms with E-state index in [2.05, 4.69) is 69.4 Å². The second-order valence-corrected chi connectivity index (χ2v) is 6.03. The molecule has 0 atom stereocenters. The van der Waals surface area contributed by atoms with Gasteiger partial charge in [0.2, 0.25) is 0 Å². The van der Waals surface area contributed by atoms with Crippen LogP contribution in [0.4, 0.5) is 0 Å². The molecule has 0 spiro atoms. The van der Waals surface area contributed by atoms with Crippen LogP contribution in [0.15, 0.2) is 60.8 Å². The fraction of sp³-hybridized carbons (Fsp3) is 0.350. The minimum atomic E-state index is 1.04. The van der Waals surface area contributed by atoms with Crippen LogP contribution in [0, 0.1) is 0 Å². The van der Waals surface area contributed by atoms with E-state index in [0.29, 0.717) is 0 Å². The van der Waals surface area contributed by atoms with Gasteiger partial charge in [0.25, 0.3) is 0 Å². The van der Waals surface area contributed by atoms with E-state index in [1.54, 1.807) is 0 Å². The lowest BCUT2D eigenvalue weighted by molar-refractivity contribution is 0.143. The lowest BCUT2D eigenvalue weighted by Crippen LogP contribution is -2.46. The molecule has 1 aliphatic heterocycles. The van der Waals surface area contributed by atoms with Gasteiger partial charge in [-0.25, -0.2) is 0 Å². The van der Waals surface area contributed by atoms with E-state index in [1.807, 2.05) is 12.3 Å². The first-order valence-electron chi connectivity index (χ1n) is 8.46. The first kappa shape index (κ1) is 15.9. The standard InChI is InChI=1S/C20H25N3/c1-2-7-19(8-3-1)9-6-13-22-15-17-23(18-16-22)14-11-20-10-4-5-12-21-20/h1-10,12H,11,13-18H2/b9-6+. The van der Waals surface area contributed by atoms with Crippen molar-refractivity contribution in [2.75, 3.05) is 39.3 Å². The van der Waals surface area contributed by atoms with Gasteiger partial charge in [-0.15, -0.1) is 0 Å². The Bertz CT molecular complexity index is 587. The molecule has 3 rings (SSSR count). The van der Waals surface area contributed by atoms with E-state index in [9.17, 15) is 0 Å². The van der Waals surface area contributed by atoms with E-state index in [-0.39, 0.29) is 0 Å². The SMILES string of the molecule is C(=C\c1ccccc1)/CN1CCN(CCc2ccccn2)CC1. The highest BCUT2D eigenvalue weighted by molar-refractivity contribution is 5.48. The molecule has 0 unspecified atom stereocenters. The van der Waals surface area contributed by atoms with Crippen molar-refractivity contribution in [1.82, 2.24) is 14.8 Å². The van der Waals surface area contributed by atoms with Gasteiger partial charge in [-0.3, -0.25) is 9.88 Å². The molecule has 1 fully saturated rings. The third-order valence-corrected chi connectivity index (χ3v) is 4.35. The molecule has 3 heteroatoms. The summed E-state index contributed by atoms with van der Waals surface area (Å²) in [6.45, 7) is 6.79. The minimum Gasteiger partial charge on any atom is -0.300 e. The number of rotatable bonds is 6. The molecular weight excluding hydrogens is 282 g/mol. The van der Waals surface area contributed by atoms with Crippen molar-refractivity contribution < 1.29 is 0 Å². The van der Waals surface area contributed by atoms with E-state index in [0.717, 1.165) is 45.7 Å². The molecule has 0 bridgehead atoms. The molecule has 120 valence electrons. The zero-order valence-electron chi connectivity index (χ0n) is 13.6. The molecule has 2 aromatic rings. The molecule has 0 aliphatic carbocycles. The fourth-order valence-corrected chi connectivity index (χ4v) is 2.92. The van der Waals surface area contributed by atoms with Gasteiger partial charge in [-0.05, 0) is 17.7 Å². The Hall–Kier alpha value is -1.97. The van der Waals surface area contributed by atoms with Crippen LogP contribution in [-0.2, 0) is 6.42 Å². The minimum absolute atomic E-state index is 1.04. The zero-order valence-corrected chi connectivity index (χ0v) is 13.6. The summed E-state index contributed by atoms with van der Waals surface area (Å²) in [5.74, 6) is 0. The first-order chi connectivity index (χ1) is 11.4. The van der Waals surface area contributed by atoms with Crippen LogP contribution < -0.4 is 0 Å². The topological polar surface area (TPSA) is 19.4 Å². The van der Waals surface area contributed by atoms with Crippen molar-refractivity contribution in [2.24, 2.45) is 0 Å². The van der Waals surface area contributed by atoms with Gasteiger partial charge in [0.15, 0.2) is 0 Å². The summed E-state index contributed by atoms with van der Waals surface area (Å²) in [5.41, 5.74) is 2.47. The smallest absolute Gasteiger partial charge is 0.0416 e. The van der Waals surface area contributed by atoms with Gasteiger partial charge in [0.1, 0.15) is 0 Å². The normalized spacial score (nSPS) is 16.9. The van der Waals surface area contributed by atoms with Crippen molar-refractivity contribution in [3.05, 3.63) is 72.1 Å². The number of benzene rings is 1. The van der Waals surface area contributed by atoms with Crippen molar-refractivity contribution in [3.8, 4) is 0 Å². The molecule has 0 amide bonds. The Morgan fingerprint density at radius 1 is 0.870 bits per heavy atom. The Kier molecular flexibility index (Phi) is 5.95. The predicted molar refractivity (Wildman–Crippen MR) is 96.3 cm³/mol. The molecule has 1 aliphatic rings. The quantitative estimate of drug-likeness (QED) is 0.818. The summed E-state index contributed by atoms with van der Waals surface area (Å²) in [6.07, 6.45) is 7.42. The van der Waals surface area contributed by atoms with E-state index in [4.69, 9.17) is 0 Å². The number of aromatic nitrogens is 1. The predicted octanol–water partition coefficient (Wildman–Crippen LogP) is 2.96. The van der Waals surface area contributed by atoms with Gasteiger partial charge in [-0.1, -0.05) is 48.6 Å². The molecule has 3 nitrogen and oxygen atoms in total. The number of nitrogens with zero attached hydrogens (tertiary/aromatic N) is 3. The molecule has 2 heterocycles. The number of hydrogen-bond donors (Lipinski definition) is 0. The molecule has 0 saturated carbocycles. The fourth-order valence-electron chi connectivity index (χ4n) is 2.92. The lowest BCUT2D eigenvalue weighted by Gasteiger charge is -2.34. The van der Waals surface area contributed by atoms with E-state index in [1.165, 1.54) is 11.3 Å². The van der Waals surface area contributed by atoms with Gasteiger partial charge in [0.05, 0.1) is 0 Å². The average Bonchev–Trinajstić information content (AvgIpc) is 2.63. The van der Waals surface area contributed by atoms with Crippen LogP contribution >= 0.6 is 0 Å². The number of hydrogen-bond acceptors (Lipinski definition) is 3. The second kappa shape index (κ2) is 8.61. The van der Waals surface area contributed by atoms with Crippen LogP contribution in [0.5, 0.6) is 0 Å². The molecule has 1 aromatic carbocycles. The van der Waals surface area contributed by atoms with Crippen molar-refractivity contribution in [3.63, 3.8) is 0 Å². The van der Waals surface area contributed by atoms with Gasteiger partial charge < -0.3 is 4.90 Å². The summed E-state index contributed by atoms with van der Waals surface area (Å²) in [6, 6.07) is 16.7. The third kappa shape index (κ3) is 5.31. The largest absolute Gasteiger partial charge is 0.300 e. The average molecular weight is 307 g/mol. The summed E-state index contributed by atoms with van der Waals surface area (Å²) in [5, 5.41) is 0. The van der Waals surface area contributed by atoms with Crippen molar-refractivity contribution >= 4 is 6.08 Å². The molecule has 1 saturated heterocycles. The highest BCUT2D eigenvalue weighted by Crippen LogP contribution is 2.05. The molecule has 0 N–H and O–H groups in total. The third-order valence-electron chi connectivity index (χ3n) is 4.35. The van der Waals surface area contributed by atoms with Crippen LogP contribution in [0.1, 0.15) is 11.3 Å². The zero-order chi connectivity index (χ0) is 15.7. The van der Waals surface area contributed by atoms with Crippen molar-refractivity contribution in [1.29, 1.82) is 0 Å². The number of piperazine rings is 1. The van der Waals surface area contributed by atoms with E-state index >= 15 is 0 Å². The second-order valence-electron chi connectivity index (χ2n) is 6.03. The molecule has 23 heavy (non-hydrogen) atoms. The molecular formula is C20H25N3. The van der Waals surface area contributed by atoms with Gasteiger partial charge in [-0.2, -0.15) is 0 Å². The van der Waals surface area contributed by atoms with E-state index < -0.39 is 0 Å². The summed E-state index contributed by atoms with van der Waals surface area (Å²) in [4.78, 5) is 9.47. The first-order valence-corrected chi connectivity index (χ1v) is 8.46. The maximum absolute atomic E-state index is 4.40. The molecule has 1 aromatic heterocycles. The number of pyridine rings is 1. The van der Waals surface area contributed by atoms with Gasteiger partial charge >= 0.3 is 0 Å². The van der Waals surface area contributed by atoms with Crippen molar-refractivity contribution in [2.45, 2.75) is 6.42 Å². The van der Waals surface area contributed by atoms with Crippen LogP contribution in [-0.4, -0.2) is 54.1 Å². The molecule has 0 radical (unpaired) electrons. The Labute approximate surface area is 139 Å². The Morgan fingerprint density at radius 3 is 2.35 bits per heavy atom. The maximum Gasteiger partial charge on any atom is 0.0416 e. The van der Waals surface area contributed by atoms with Gasteiger partial charge in [0, 0.05) is 57.6 Å². The van der Waals surface area contributed by atoms with Crippen LogP contribution in [0.3, 0.4) is 0 Å². The summed E-state index contributed by atoms with van der Waals surface area (Å²) in [7, 11) is 0. The van der Waals surface area contributed by atoms with Crippen LogP contribution in [0.25, 0.3) is 6.08 Å². The summed E-state index contributed by atoms with van der Waals surface area (Å²) >= 11 is 0. The summed E-state index contributed by atoms with van der Waals surface area (Å²) < 4.78 is 0. The Balaban J connectivity index is 1.36. The monoisotopic (exact) mass is 307 g/mol. The highest BCUT2D eigenvalue weighted by atomic mass is 15.3. The highest BCUT2D eigenvalue weighted by Gasteiger charge is 2.15. The lowest BCUT2D eigenvalue weighted by atomic mass is 10.2.